The maximum absolute atomic E-state index is 12.2. The Hall–Kier alpha value is -1.75. The molecule has 0 aromatic heterocycles. The summed E-state index contributed by atoms with van der Waals surface area (Å²) in [6.07, 6.45) is 0.278. The highest BCUT2D eigenvalue weighted by Gasteiger charge is 2.21. The number of aromatic hydroxyl groups is 1. The van der Waals surface area contributed by atoms with Gasteiger partial charge in [0.15, 0.2) is 0 Å². The second-order valence-electron chi connectivity index (χ2n) is 4.05. The summed E-state index contributed by atoms with van der Waals surface area (Å²) in [6.45, 7) is 1.22. The second-order valence-corrected chi connectivity index (χ2v) is 4.49. The summed E-state index contributed by atoms with van der Waals surface area (Å²) in [6, 6.07) is 4.37. The third-order valence-corrected chi connectivity index (χ3v) is 3.03. The van der Waals surface area contributed by atoms with E-state index in [1.165, 1.54) is 12.1 Å². The van der Waals surface area contributed by atoms with Gasteiger partial charge in [0.25, 0.3) is 5.91 Å². The molecule has 0 bridgehead atoms. The molecule has 0 radical (unpaired) electrons. The van der Waals surface area contributed by atoms with Crippen LogP contribution >= 0.6 is 11.6 Å². The lowest BCUT2D eigenvalue weighted by atomic mass is 10.1. The Morgan fingerprint density at radius 1 is 1.39 bits per heavy atom. The van der Waals surface area contributed by atoms with Crippen molar-refractivity contribution >= 4 is 23.4 Å². The molecule has 1 aromatic carbocycles. The van der Waals surface area contributed by atoms with E-state index in [1.807, 2.05) is 0 Å². The van der Waals surface area contributed by atoms with Gasteiger partial charge >= 0.3 is 0 Å². The number of hydrogen-bond donors (Lipinski definition) is 2. The minimum absolute atomic E-state index is 0.0642. The van der Waals surface area contributed by atoms with E-state index in [-0.39, 0.29) is 29.5 Å². The normalized spacial score (nSPS) is 16.1. The molecule has 1 fully saturated rings. The Labute approximate surface area is 109 Å². The first-order valence-electron chi connectivity index (χ1n) is 5.62. The van der Waals surface area contributed by atoms with Gasteiger partial charge in [-0.15, -0.1) is 0 Å². The summed E-state index contributed by atoms with van der Waals surface area (Å²) in [7, 11) is 0. The molecule has 1 saturated heterocycles. The van der Waals surface area contributed by atoms with Gasteiger partial charge < -0.3 is 15.3 Å². The lowest BCUT2D eigenvalue weighted by Crippen LogP contribution is -2.34. The Balaban J connectivity index is 2.17. The van der Waals surface area contributed by atoms with Crippen LogP contribution in [-0.4, -0.2) is 41.5 Å². The highest BCUT2D eigenvalue weighted by molar-refractivity contribution is 6.30. The SMILES string of the molecule is O=C1CCN(C(=O)c2ccc(Cl)cc2O)CCN1. The first kappa shape index (κ1) is 12.7. The standard InChI is InChI=1S/C12H13ClN2O3/c13-8-1-2-9(10(16)7-8)12(18)15-5-3-11(17)14-4-6-15/h1-2,7,16H,3-6H2,(H,14,17). The van der Waals surface area contributed by atoms with Crippen molar-refractivity contribution in [3.05, 3.63) is 28.8 Å². The number of hydrogen-bond acceptors (Lipinski definition) is 3. The molecular formula is C12H13ClN2O3. The number of benzene rings is 1. The third-order valence-electron chi connectivity index (χ3n) is 2.79. The molecular weight excluding hydrogens is 256 g/mol. The molecule has 1 heterocycles. The number of phenolic OH excluding ortho intramolecular Hbond substituents is 1. The molecule has 6 heteroatoms. The van der Waals surface area contributed by atoms with Crippen LogP contribution in [0.25, 0.3) is 0 Å². The number of carbonyl (C=O) groups is 2. The molecule has 0 unspecified atom stereocenters. The minimum Gasteiger partial charge on any atom is -0.507 e. The number of phenols is 1. The summed E-state index contributed by atoms with van der Waals surface area (Å²) < 4.78 is 0. The molecule has 96 valence electrons. The zero-order valence-electron chi connectivity index (χ0n) is 9.65. The number of nitrogens with zero attached hydrogens (tertiary/aromatic N) is 1. The van der Waals surface area contributed by atoms with Crippen molar-refractivity contribution in [3.8, 4) is 5.75 Å². The van der Waals surface area contributed by atoms with Crippen molar-refractivity contribution in [2.45, 2.75) is 6.42 Å². The van der Waals surface area contributed by atoms with Gasteiger partial charge in [0, 0.05) is 31.1 Å². The van der Waals surface area contributed by atoms with E-state index in [9.17, 15) is 14.7 Å². The fraction of sp³-hybridized carbons (Fsp3) is 0.333. The summed E-state index contributed by atoms with van der Waals surface area (Å²) in [5.41, 5.74) is 0.203. The van der Waals surface area contributed by atoms with E-state index >= 15 is 0 Å². The summed E-state index contributed by atoms with van der Waals surface area (Å²) in [5.74, 6) is -0.498. The zero-order valence-corrected chi connectivity index (χ0v) is 10.4. The van der Waals surface area contributed by atoms with Crippen LogP contribution in [0.4, 0.5) is 0 Å². The largest absolute Gasteiger partial charge is 0.507 e. The van der Waals surface area contributed by atoms with Crippen LogP contribution < -0.4 is 5.32 Å². The Morgan fingerprint density at radius 3 is 2.89 bits per heavy atom. The third kappa shape index (κ3) is 2.73. The number of nitrogens with one attached hydrogen (secondary N) is 1. The van der Waals surface area contributed by atoms with Crippen molar-refractivity contribution in [2.75, 3.05) is 19.6 Å². The van der Waals surface area contributed by atoms with Crippen LogP contribution in [0.2, 0.25) is 5.02 Å². The average Bonchev–Trinajstić information content (AvgIpc) is 2.53. The molecule has 2 rings (SSSR count). The lowest BCUT2D eigenvalue weighted by Gasteiger charge is -2.20. The maximum Gasteiger partial charge on any atom is 0.257 e. The van der Waals surface area contributed by atoms with Crippen molar-refractivity contribution < 1.29 is 14.7 Å². The number of rotatable bonds is 1. The van der Waals surface area contributed by atoms with E-state index in [2.05, 4.69) is 5.32 Å². The summed E-state index contributed by atoms with van der Waals surface area (Å²) in [4.78, 5) is 24.9. The molecule has 0 saturated carbocycles. The maximum atomic E-state index is 12.2. The molecule has 5 nitrogen and oxygen atoms in total. The molecule has 2 N–H and O–H groups in total. The molecule has 1 aromatic rings. The number of halogens is 1. The van der Waals surface area contributed by atoms with E-state index in [0.717, 1.165) is 0 Å². The van der Waals surface area contributed by atoms with Gasteiger partial charge in [0.1, 0.15) is 5.75 Å². The molecule has 18 heavy (non-hydrogen) atoms. The van der Waals surface area contributed by atoms with Gasteiger partial charge in [-0.05, 0) is 18.2 Å². The van der Waals surface area contributed by atoms with Crippen LogP contribution in [0.3, 0.4) is 0 Å². The highest BCUT2D eigenvalue weighted by atomic mass is 35.5. The van der Waals surface area contributed by atoms with Crippen molar-refractivity contribution in [2.24, 2.45) is 0 Å². The van der Waals surface area contributed by atoms with Crippen LogP contribution in [0.1, 0.15) is 16.8 Å². The minimum atomic E-state index is -0.291. The Kier molecular flexibility index (Phi) is 3.72. The topological polar surface area (TPSA) is 69.6 Å². The van der Waals surface area contributed by atoms with Crippen molar-refractivity contribution in [1.29, 1.82) is 0 Å². The lowest BCUT2D eigenvalue weighted by molar-refractivity contribution is -0.120. The smallest absolute Gasteiger partial charge is 0.257 e. The predicted octanol–water partition coefficient (Wildman–Crippen LogP) is 1.01. The molecule has 0 spiro atoms. The van der Waals surface area contributed by atoms with Gasteiger partial charge in [-0.3, -0.25) is 9.59 Å². The average molecular weight is 269 g/mol. The van der Waals surface area contributed by atoms with E-state index in [1.54, 1.807) is 11.0 Å². The molecule has 1 aliphatic heterocycles. The van der Waals surface area contributed by atoms with E-state index in [0.29, 0.717) is 24.7 Å². The van der Waals surface area contributed by atoms with E-state index < -0.39 is 0 Å². The van der Waals surface area contributed by atoms with Gasteiger partial charge in [-0.25, -0.2) is 0 Å². The van der Waals surface area contributed by atoms with Crippen LogP contribution in [0.15, 0.2) is 18.2 Å². The van der Waals surface area contributed by atoms with Crippen LogP contribution in [0.5, 0.6) is 5.75 Å². The zero-order chi connectivity index (χ0) is 13.1. The van der Waals surface area contributed by atoms with Gasteiger partial charge in [-0.1, -0.05) is 11.6 Å². The van der Waals surface area contributed by atoms with E-state index in [4.69, 9.17) is 11.6 Å². The highest BCUT2D eigenvalue weighted by Crippen LogP contribution is 2.23. The quantitative estimate of drug-likeness (QED) is 0.799. The second kappa shape index (κ2) is 5.27. The number of amides is 2. The molecule has 1 aliphatic rings. The van der Waals surface area contributed by atoms with Crippen LogP contribution in [0, 0.1) is 0 Å². The first-order chi connectivity index (χ1) is 8.58. The molecule has 2 amide bonds. The van der Waals surface area contributed by atoms with Gasteiger partial charge in [0.05, 0.1) is 5.56 Å². The summed E-state index contributed by atoms with van der Waals surface area (Å²) in [5, 5.41) is 12.8. The Bertz CT molecular complexity index is 490. The Morgan fingerprint density at radius 2 is 2.17 bits per heavy atom. The van der Waals surface area contributed by atoms with Crippen molar-refractivity contribution in [3.63, 3.8) is 0 Å². The van der Waals surface area contributed by atoms with Crippen molar-refractivity contribution in [1.82, 2.24) is 10.2 Å². The molecule has 0 atom stereocenters. The molecule has 0 aliphatic carbocycles. The first-order valence-corrected chi connectivity index (χ1v) is 6.00. The number of carbonyl (C=O) groups excluding carboxylic acids is 2. The monoisotopic (exact) mass is 268 g/mol. The summed E-state index contributed by atoms with van der Waals surface area (Å²) >= 11 is 5.71. The fourth-order valence-electron chi connectivity index (χ4n) is 1.83. The fourth-order valence-corrected chi connectivity index (χ4v) is 1.99. The van der Waals surface area contributed by atoms with Gasteiger partial charge in [-0.2, -0.15) is 0 Å². The predicted molar refractivity (Wildman–Crippen MR) is 66.6 cm³/mol. The van der Waals surface area contributed by atoms with Crippen LogP contribution in [-0.2, 0) is 4.79 Å². The van der Waals surface area contributed by atoms with Gasteiger partial charge in [0.2, 0.25) is 5.91 Å².